The van der Waals surface area contributed by atoms with Crippen LogP contribution in [0.2, 0.25) is 0 Å². The van der Waals surface area contributed by atoms with Crippen LogP contribution in [-0.4, -0.2) is 9.91 Å². The first kappa shape index (κ1) is 13.5. The predicted molar refractivity (Wildman–Crippen MR) is 74.6 cm³/mol. The van der Waals surface area contributed by atoms with Gasteiger partial charge in [0.05, 0.1) is 10.6 Å². The summed E-state index contributed by atoms with van der Waals surface area (Å²) in [6.45, 7) is 3.58. The smallest absolute Gasteiger partial charge is 0.311 e. The van der Waals surface area contributed by atoms with Crippen molar-refractivity contribution in [3.8, 4) is 11.6 Å². The Morgan fingerprint density at radius 3 is 2.63 bits per heavy atom. The minimum absolute atomic E-state index is 0.0672. The quantitative estimate of drug-likeness (QED) is 0.628. The first-order valence-corrected chi connectivity index (χ1v) is 6.33. The zero-order chi connectivity index (χ0) is 14.0. The lowest BCUT2D eigenvalue weighted by molar-refractivity contribution is -0.385. The Bertz CT molecular complexity index is 644. The number of hydrogen-bond donors (Lipinski definition) is 0. The summed E-state index contributed by atoms with van der Waals surface area (Å²) in [5.74, 6) is 0.555. The fourth-order valence-corrected chi connectivity index (χ4v) is 1.82. The molecule has 1 aromatic heterocycles. The molecular weight excluding hydrogens is 312 g/mol. The number of ether oxygens (including phenoxy) is 1. The van der Waals surface area contributed by atoms with Crippen LogP contribution in [-0.2, 0) is 0 Å². The number of rotatable bonds is 3. The molecule has 0 radical (unpaired) electrons. The lowest BCUT2D eigenvalue weighted by atomic mass is 10.2. The molecule has 0 aliphatic heterocycles. The largest absolute Gasteiger partial charge is 0.432 e. The highest BCUT2D eigenvalue weighted by atomic mass is 79.9. The fourth-order valence-electron chi connectivity index (χ4n) is 1.60. The molecule has 0 amide bonds. The number of aromatic nitrogens is 1. The van der Waals surface area contributed by atoms with Crippen molar-refractivity contribution >= 4 is 21.6 Å². The number of hydrogen-bond acceptors (Lipinski definition) is 4. The van der Waals surface area contributed by atoms with E-state index in [1.165, 1.54) is 6.07 Å². The minimum Gasteiger partial charge on any atom is -0.432 e. The molecule has 0 saturated heterocycles. The summed E-state index contributed by atoms with van der Waals surface area (Å²) in [5, 5.41) is 11.0. The second kappa shape index (κ2) is 5.36. The first-order valence-electron chi connectivity index (χ1n) is 5.54. The van der Waals surface area contributed by atoms with Crippen molar-refractivity contribution in [2.24, 2.45) is 0 Å². The molecule has 0 spiro atoms. The van der Waals surface area contributed by atoms with Gasteiger partial charge in [-0.3, -0.25) is 10.1 Å². The Morgan fingerprint density at radius 1 is 1.26 bits per heavy atom. The molecule has 0 N–H and O–H groups in total. The summed E-state index contributed by atoms with van der Waals surface area (Å²) in [6, 6.07) is 8.25. The van der Waals surface area contributed by atoms with E-state index >= 15 is 0 Å². The first-order chi connectivity index (χ1) is 8.99. The average molecular weight is 323 g/mol. The van der Waals surface area contributed by atoms with Gasteiger partial charge in [0.25, 0.3) is 0 Å². The van der Waals surface area contributed by atoms with Crippen molar-refractivity contribution in [3.63, 3.8) is 0 Å². The highest BCUT2D eigenvalue weighted by Crippen LogP contribution is 2.34. The molecule has 0 fully saturated rings. The van der Waals surface area contributed by atoms with Crippen LogP contribution < -0.4 is 4.74 Å². The molecule has 1 heterocycles. The monoisotopic (exact) mass is 322 g/mol. The van der Waals surface area contributed by atoms with Gasteiger partial charge in [0.1, 0.15) is 0 Å². The van der Waals surface area contributed by atoms with Crippen molar-refractivity contribution in [1.82, 2.24) is 4.98 Å². The van der Waals surface area contributed by atoms with Gasteiger partial charge in [-0.25, -0.2) is 4.98 Å². The average Bonchev–Trinajstić information content (AvgIpc) is 2.36. The summed E-state index contributed by atoms with van der Waals surface area (Å²) in [6.07, 6.45) is 0. The topological polar surface area (TPSA) is 65.3 Å². The highest BCUT2D eigenvalue weighted by Gasteiger charge is 2.18. The van der Waals surface area contributed by atoms with Crippen LogP contribution in [0.15, 0.2) is 34.8 Å². The molecule has 2 rings (SSSR count). The van der Waals surface area contributed by atoms with Crippen LogP contribution in [0, 0.1) is 24.0 Å². The predicted octanol–water partition coefficient (Wildman–Crippen LogP) is 4.16. The van der Waals surface area contributed by atoms with Gasteiger partial charge in [-0.05, 0) is 41.4 Å². The number of nitro groups is 1. The number of nitro benzene ring substituents is 1. The molecule has 98 valence electrons. The second-order valence-electron chi connectivity index (χ2n) is 4.00. The van der Waals surface area contributed by atoms with Gasteiger partial charge in [0.15, 0.2) is 0 Å². The normalized spacial score (nSPS) is 10.3. The third-order valence-corrected chi connectivity index (χ3v) is 3.43. The third-order valence-electron chi connectivity index (χ3n) is 2.59. The Morgan fingerprint density at radius 2 is 2.00 bits per heavy atom. The van der Waals surface area contributed by atoms with Crippen molar-refractivity contribution in [2.75, 3.05) is 0 Å². The van der Waals surface area contributed by atoms with Crippen LogP contribution in [0.3, 0.4) is 0 Å². The van der Waals surface area contributed by atoms with E-state index in [-0.39, 0.29) is 11.4 Å². The Kier molecular flexibility index (Phi) is 3.80. The summed E-state index contributed by atoms with van der Waals surface area (Å²) in [5.41, 5.74) is 1.38. The van der Waals surface area contributed by atoms with Crippen LogP contribution >= 0.6 is 15.9 Å². The van der Waals surface area contributed by atoms with Gasteiger partial charge < -0.3 is 4.74 Å². The Hall–Kier alpha value is -1.95. The zero-order valence-corrected chi connectivity index (χ0v) is 12.0. The zero-order valence-electron chi connectivity index (χ0n) is 10.4. The van der Waals surface area contributed by atoms with Gasteiger partial charge in [-0.1, -0.05) is 12.1 Å². The van der Waals surface area contributed by atoms with E-state index in [2.05, 4.69) is 20.9 Å². The van der Waals surface area contributed by atoms with E-state index in [1.807, 2.05) is 6.92 Å². The van der Waals surface area contributed by atoms with E-state index in [0.717, 1.165) is 10.2 Å². The summed E-state index contributed by atoms with van der Waals surface area (Å²) < 4.78 is 6.42. The Labute approximate surface area is 118 Å². The molecule has 0 aliphatic carbocycles. The van der Waals surface area contributed by atoms with Crippen LogP contribution in [0.5, 0.6) is 11.6 Å². The molecule has 0 bridgehead atoms. The SMILES string of the molecule is Cc1cccc([N+](=O)[O-])c1Oc1ccc(Br)c(C)n1. The van der Waals surface area contributed by atoms with Crippen LogP contribution in [0.25, 0.3) is 0 Å². The molecule has 5 nitrogen and oxygen atoms in total. The number of halogens is 1. The molecule has 0 aliphatic rings. The summed E-state index contributed by atoms with van der Waals surface area (Å²) >= 11 is 3.34. The molecule has 0 unspecified atom stereocenters. The maximum atomic E-state index is 11.0. The standard InChI is InChI=1S/C13H11BrN2O3/c1-8-4-3-5-11(16(17)18)13(8)19-12-7-6-10(14)9(2)15-12/h3-7H,1-2H3. The molecule has 19 heavy (non-hydrogen) atoms. The Balaban J connectivity index is 2.42. The van der Waals surface area contributed by atoms with Gasteiger partial charge in [-0.2, -0.15) is 0 Å². The lowest BCUT2D eigenvalue weighted by Gasteiger charge is -2.09. The van der Waals surface area contributed by atoms with Gasteiger partial charge in [0, 0.05) is 16.6 Å². The van der Waals surface area contributed by atoms with Crippen molar-refractivity contribution in [3.05, 3.63) is 56.2 Å². The maximum absolute atomic E-state index is 11.0. The minimum atomic E-state index is -0.464. The molecule has 6 heteroatoms. The van der Waals surface area contributed by atoms with Crippen LogP contribution in [0.4, 0.5) is 5.69 Å². The van der Waals surface area contributed by atoms with E-state index in [1.54, 1.807) is 31.2 Å². The third kappa shape index (κ3) is 2.90. The van der Waals surface area contributed by atoms with Crippen molar-refractivity contribution < 1.29 is 9.66 Å². The van der Waals surface area contributed by atoms with Crippen molar-refractivity contribution in [1.29, 1.82) is 0 Å². The van der Waals surface area contributed by atoms with Gasteiger partial charge in [-0.15, -0.1) is 0 Å². The molecule has 0 saturated carbocycles. The van der Waals surface area contributed by atoms with E-state index < -0.39 is 4.92 Å². The van der Waals surface area contributed by atoms with E-state index in [9.17, 15) is 10.1 Å². The van der Waals surface area contributed by atoms with Gasteiger partial charge >= 0.3 is 5.69 Å². The number of para-hydroxylation sites is 1. The molecule has 1 aromatic carbocycles. The maximum Gasteiger partial charge on any atom is 0.311 e. The van der Waals surface area contributed by atoms with E-state index in [4.69, 9.17) is 4.74 Å². The molecular formula is C13H11BrN2O3. The van der Waals surface area contributed by atoms with Gasteiger partial charge in [0.2, 0.25) is 11.6 Å². The summed E-state index contributed by atoms with van der Waals surface area (Å²) in [7, 11) is 0. The summed E-state index contributed by atoms with van der Waals surface area (Å²) in [4.78, 5) is 14.7. The molecule has 2 aromatic rings. The number of nitrogens with zero attached hydrogens (tertiary/aromatic N) is 2. The van der Waals surface area contributed by atoms with Crippen molar-refractivity contribution in [2.45, 2.75) is 13.8 Å². The fraction of sp³-hybridized carbons (Fsp3) is 0.154. The molecule has 0 atom stereocenters. The number of pyridine rings is 1. The van der Waals surface area contributed by atoms with E-state index in [0.29, 0.717) is 11.4 Å². The number of benzene rings is 1. The number of aryl methyl sites for hydroxylation is 2. The highest BCUT2D eigenvalue weighted by molar-refractivity contribution is 9.10. The lowest BCUT2D eigenvalue weighted by Crippen LogP contribution is -1.97. The second-order valence-corrected chi connectivity index (χ2v) is 4.85. The van der Waals surface area contributed by atoms with Crippen LogP contribution in [0.1, 0.15) is 11.3 Å².